The molecule has 2 fully saturated rings. The molecule has 1 aromatic carbocycles. The third kappa shape index (κ3) is 3.05. The van der Waals surface area contributed by atoms with Gasteiger partial charge in [-0.25, -0.2) is 8.42 Å². The maximum Gasteiger partial charge on any atom is 0.243 e. The Morgan fingerprint density at radius 2 is 1.68 bits per heavy atom. The molecule has 22 heavy (non-hydrogen) atoms. The van der Waals surface area contributed by atoms with Gasteiger partial charge in [0.15, 0.2) is 0 Å². The summed E-state index contributed by atoms with van der Waals surface area (Å²) in [5.74, 6) is 0.203. The minimum atomic E-state index is -3.48. The van der Waals surface area contributed by atoms with Crippen LogP contribution in [0.5, 0.6) is 0 Å². The Morgan fingerprint density at radius 3 is 2.18 bits per heavy atom. The number of sulfonamides is 1. The van der Waals surface area contributed by atoms with E-state index in [1.165, 1.54) is 4.31 Å². The van der Waals surface area contributed by atoms with E-state index < -0.39 is 10.0 Å². The molecule has 3 rings (SSSR count). The van der Waals surface area contributed by atoms with Gasteiger partial charge in [0.25, 0.3) is 0 Å². The monoisotopic (exact) mass is 387 g/mol. The van der Waals surface area contributed by atoms with Gasteiger partial charge in [0.05, 0.1) is 10.8 Å². The average Bonchev–Trinajstić information content (AvgIpc) is 2.46. The number of carbonyl (C=O) groups excluding carboxylic acids is 1. The zero-order valence-electron chi connectivity index (χ0n) is 12.0. The van der Waals surface area contributed by atoms with Crippen LogP contribution >= 0.6 is 15.9 Å². The molecular weight excluding hydrogens is 370 g/mol. The predicted molar refractivity (Wildman–Crippen MR) is 85.8 cm³/mol. The number of nitrogens with one attached hydrogen (secondary N) is 1. The minimum absolute atomic E-state index is 0.0645. The van der Waals surface area contributed by atoms with Crippen molar-refractivity contribution >= 4 is 31.9 Å². The molecule has 120 valence electrons. The molecule has 0 saturated carbocycles. The SMILES string of the molecule is O=C(C1CNC1)N1CCN(S(=O)(=O)c2ccc(Br)cc2)CC1. The van der Waals surface area contributed by atoms with Gasteiger partial charge in [0.2, 0.25) is 15.9 Å². The molecule has 2 aliphatic rings. The highest BCUT2D eigenvalue weighted by molar-refractivity contribution is 9.10. The number of piperazine rings is 1. The van der Waals surface area contributed by atoms with Crippen molar-refractivity contribution in [2.24, 2.45) is 5.92 Å². The Bertz CT molecular complexity index is 650. The molecular formula is C14H18BrN3O3S. The van der Waals surface area contributed by atoms with Crippen molar-refractivity contribution in [2.75, 3.05) is 39.3 Å². The Labute approximate surface area is 138 Å². The van der Waals surface area contributed by atoms with Crippen molar-refractivity contribution in [3.8, 4) is 0 Å². The maximum absolute atomic E-state index is 12.6. The van der Waals surface area contributed by atoms with Crippen LogP contribution in [0.25, 0.3) is 0 Å². The van der Waals surface area contributed by atoms with E-state index in [2.05, 4.69) is 21.2 Å². The number of hydrogen-bond acceptors (Lipinski definition) is 4. The van der Waals surface area contributed by atoms with E-state index in [0.717, 1.165) is 17.6 Å². The van der Waals surface area contributed by atoms with E-state index in [1.54, 1.807) is 29.2 Å². The van der Waals surface area contributed by atoms with Gasteiger partial charge in [-0.2, -0.15) is 4.31 Å². The summed E-state index contributed by atoms with van der Waals surface area (Å²) in [6, 6.07) is 6.63. The fourth-order valence-corrected chi connectivity index (χ4v) is 4.31. The first-order valence-electron chi connectivity index (χ1n) is 7.24. The van der Waals surface area contributed by atoms with E-state index in [4.69, 9.17) is 0 Å². The standard InChI is InChI=1S/C14H18BrN3O3S/c15-12-1-3-13(4-2-12)22(20,21)18-7-5-17(6-8-18)14(19)11-9-16-10-11/h1-4,11,16H,5-10H2. The van der Waals surface area contributed by atoms with Gasteiger partial charge in [-0.15, -0.1) is 0 Å². The molecule has 0 aromatic heterocycles. The minimum Gasteiger partial charge on any atom is -0.340 e. The number of nitrogens with zero attached hydrogens (tertiary/aromatic N) is 2. The van der Waals surface area contributed by atoms with Crippen LogP contribution in [0.3, 0.4) is 0 Å². The van der Waals surface area contributed by atoms with Gasteiger partial charge < -0.3 is 10.2 Å². The summed E-state index contributed by atoms with van der Waals surface area (Å²) >= 11 is 3.30. The quantitative estimate of drug-likeness (QED) is 0.819. The number of halogens is 1. The van der Waals surface area contributed by atoms with Crippen LogP contribution in [0, 0.1) is 5.92 Å². The molecule has 2 heterocycles. The molecule has 1 aromatic rings. The topological polar surface area (TPSA) is 69.7 Å². The number of hydrogen-bond donors (Lipinski definition) is 1. The van der Waals surface area contributed by atoms with Gasteiger partial charge >= 0.3 is 0 Å². The van der Waals surface area contributed by atoms with Crippen molar-refractivity contribution in [2.45, 2.75) is 4.90 Å². The zero-order chi connectivity index (χ0) is 15.7. The summed E-state index contributed by atoms with van der Waals surface area (Å²) in [5, 5.41) is 3.08. The molecule has 6 nitrogen and oxygen atoms in total. The van der Waals surface area contributed by atoms with Gasteiger partial charge in [-0.3, -0.25) is 4.79 Å². The second kappa shape index (κ2) is 6.27. The first-order valence-corrected chi connectivity index (χ1v) is 9.47. The van der Waals surface area contributed by atoms with Crippen molar-refractivity contribution < 1.29 is 13.2 Å². The lowest BCUT2D eigenvalue weighted by Crippen LogP contribution is -2.57. The van der Waals surface area contributed by atoms with Gasteiger partial charge in [-0.1, -0.05) is 15.9 Å². The molecule has 0 unspecified atom stereocenters. The molecule has 0 bridgehead atoms. The van der Waals surface area contributed by atoms with Crippen molar-refractivity contribution in [1.82, 2.24) is 14.5 Å². The number of carbonyl (C=O) groups is 1. The molecule has 0 atom stereocenters. The van der Waals surface area contributed by atoms with Crippen LogP contribution in [0.2, 0.25) is 0 Å². The van der Waals surface area contributed by atoms with Crippen LogP contribution in [0.15, 0.2) is 33.6 Å². The summed E-state index contributed by atoms with van der Waals surface area (Å²) in [5.41, 5.74) is 0. The highest BCUT2D eigenvalue weighted by Gasteiger charge is 2.34. The largest absolute Gasteiger partial charge is 0.340 e. The molecule has 2 saturated heterocycles. The van der Waals surface area contributed by atoms with Crippen LogP contribution in [0.1, 0.15) is 0 Å². The molecule has 1 amide bonds. The molecule has 2 aliphatic heterocycles. The molecule has 0 aliphatic carbocycles. The van der Waals surface area contributed by atoms with Crippen molar-refractivity contribution in [3.05, 3.63) is 28.7 Å². The van der Waals surface area contributed by atoms with E-state index in [1.807, 2.05) is 0 Å². The summed E-state index contributed by atoms with van der Waals surface area (Å²) in [6.07, 6.45) is 0. The summed E-state index contributed by atoms with van der Waals surface area (Å²) in [4.78, 5) is 14.2. The molecule has 0 spiro atoms. The molecule has 0 radical (unpaired) electrons. The fourth-order valence-electron chi connectivity index (χ4n) is 2.63. The Morgan fingerprint density at radius 1 is 1.09 bits per heavy atom. The normalized spacial score (nSPS) is 20.7. The van der Waals surface area contributed by atoms with E-state index in [0.29, 0.717) is 31.1 Å². The predicted octanol–water partition coefficient (Wildman–Crippen LogP) is 0.501. The first-order chi connectivity index (χ1) is 10.5. The lowest BCUT2D eigenvalue weighted by atomic mass is 10.0. The summed E-state index contributed by atoms with van der Waals surface area (Å²) in [6.45, 7) is 3.09. The Hall–Kier alpha value is -0.960. The second-order valence-electron chi connectivity index (χ2n) is 5.54. The summed E-state index contributed by atoms with van der Waals surface area (Å²) in [7, 11) is -3.48. The highest BCUT2D eigenvalue weighted by Crippen LogP contribution is 2.20. The number of rotatable bonds is 3. The molecule has 1 N–H and O–H groups in total. The third-order valence-electron chi connectivity index (χ3n) is 4.13. The van der Waals surface area contributed by atoms with Gasteiger partial charge in [-0.05, 0) is 24.3 Å². The Balaban J connectivity index is 1.65. The van der Waals surface area contributed by atoms with E-state index in [9.17, 15) is 13.2 Å². The first kappa shape index (κ1) is 15.9. The highest BCUT2D eigenvalue weighted by atomic mass is 79.9. The molecule has 8 heteroatoms. The smallest absolute Gasteiger partial charge is 0.243 e. The average molecular weight is 388 g/mol. The maximum atomic E-state index is 12.6. The van der Waals surface area contributed by atoms with Crippen molar-refractivity contribution in [3.63, 3.8) is 0 Å². The summed E-state index contributed by atoms with van der Waals surface area (Å²) < 4.78 is 27.4. The van der Waals surface area contributed by atoms with E-state index >= 15 is 0 Å². The number of amides is 1. The lowest BCUT2D eigenvalue weighted by Gasteiger charge is -2.37. The van der Waals surface area contributed by atoms with Crippen LogP contribution in [-0.2, 0) is 14.8 Å². The zero-order valence-corrected chi connectivity index (χ0v) is 14.4. The van der Waals surface area contributed by atoms with Crippen LogP contribution < -0.4 is 5.32 Å². The fraction of sp³-hybridized carbons (Fsp3) is 0.500. The number of benzene rings is 1. The van der Waals surface area contributed by atoms with E-state index in [-0.39, 0.29) is 11.8 Å². The lowest BCUT2D eigenvalue weighted by molar-refractivity contribution is -0.138. The van der Waals surface area contributed by atoms with Crippen molar-refractivity contribution in [1.29, 1.82) is 0 Å². The van der Waals surface area contributed by atoms with Crippen LogP contribution in [-0.4, -0.2) is 62.8 Å². The van der Waals surface area contributed by atoms with Gasteiger partial charge in [0, 0.05) is 43.7 Å². The van der Waals surface area contributed by atoms with Crippen LogP contribution in [0.4, 0.5) is 0 Å². The van der Waals surface area contributed by atoms with Gasteiger partial charge in [0.1, 0.15) is 0 Å². The Kier molecular flexibility index (Phi) is 4.54. The second-order valence-corrected chi connectivity index (χ2v) is 8.39. The third-order valence-corrected chi connectivity index (χ3v) is 6.57.